The lowest BCUT2D eigenvalue weighted by atomic mass is 10.0. The van der Waals surface area contributed by atoms with Gasteiger partial charge in [0.25, 0.3) is 0 Å². The van der Waals surface area contributed by atoms with E-state index in [4.69, 9.17) is 0 Å². The van der Waals surface area contributed by atoms with Gasteiger partial charge < -0.3 is 10.2 Å². The van der Waals surface area contributed by atoms with Crippen LogP contribution in [0, 0.1) is 0 Å². The molecule has 0 unspecified atom stereocenters. The number of benzene rings is 1. The van der Waals surface area contributed by atoms with Gasteiger partial charge in [-0.1, -0.05) is 108 Å². The van der Waals surface area contributed by atoms with Gasteiger partial charge in [-0.05, 0) is 24.5 Å². The molecule has 27 heavy (non-hydrogen) atoms. The van der Waals surface area contributed by atoms with Crippen molar-refractivity contribution < 1.29 is 15.0 Å². The molecular formula is C24H38O3. The molecule has 3 nitrogen and oxygen atoms in total. The van der Waals surface area contributed by atoms with Gasteiger partial charge in [-0.25, -0.2) is 4.79 Å². The van der Waals surface area contributed by atoms with Crippen LogP contribution in [0.4, 0.5) is 0 Å². The zero-order valence-corrected chi connectivity index (χ0v) is 17.1. The number of aromatic hydroxyl groups is 1. The van der Waals surface area contributed by atoms with Crippen molar-refractivity contribution in [1.82, 2.24) is 0 Å². The van der Waals surface area contributed by atoms with Crippen LogP contribution in [0.5, 0.6) is 5.75 Å². The largest absolute Gasteiger partial charge is 0.507 e. The van der Waals surface area contributed by atoms with E-state index in [0.717, 1.165) is 12.8 Å². The summed E-state index contributed by atoms with van der Waals surface area (Å²) in [5.74, 6) is -1.26. The SMILES string of the molecule is CCCCCCCCCCCCCCC/C=C\c1cccc(O)c1C(=O)O. The Morgan fingerprint density at radius 3 is 1.89 bits per heavy atom. The molecule has 3 heteroatoms. The van der Waals surface area contributed by atoms with E-state index in [9.17, 15) is 15.0 Å². The van der Waals surface area contributed by atoms with Crippen LogP contribution in [0.3, 0.4) is 0 Å². The summed E-state index contributed by atoms with van der Waals surface area (Å²) in [7, 11) is 0. The summed E-state index contributed by atoms with van der Waals surface area (Å²) in [4.78, 5) is 11.2. The molecule has 0 bridgehead atoms. The van der Waals surface area contributed by atoms with E-state index in [1.54, 1.807) is 12.1 Å². The van der Waals surface area contributed by atoms with Gasteiger partial charge in [0.15, 0.2) is 0 Å². The Balaban J connectivity index is 2.01. The maximum atomic E-state index is 11.2. The molecule has 152 valence electrons. The van der Waals surface area contributed by atoms with Crippen molar-refractivity contribution in [3.8, 4) is 5.75 Å². The van der Waals surface area contributed by atoms with Crippen LogP contribution in [0.25, 0.3) is 6.08 Å². The molecule has 0 heterocycles. The highest BCUT2D eigenvalue weighted by molar-refractivity contribution is 5.95. The van der Waals surface area contributed by atoms with Gasteiger partial charge in [0.05, 0.1) is 0 Å². The van der Waals surface area contributed by atoms with Crippen molar-refractivity contribution in [2.75, 3.05) is 0 Å². The van der Waals surface area contributed by atoms with Crippen molar-refractivity contribution in [2.24, 2.45) is 0 Å². The van der Waals surface area contributed by atoms with Crippen LogP contribution in [-0.2, 0) is 0 Å². The van der Waals surface area contributed by atoms with Crippen molar-refractivity contribution >= 4 is 12.0 Å². The van der Waals surface area contributed by atoms with E-state index in [0.29, 0.717) is 5.56 Å². The molecule has 0 aliphatic rings. The second kappa shape index (κ2) is 15.3. The molecule has 0 saturated heterocycles. The molecule has 0 radical (unpaired) electrons. The first-order chi connectivity index (χ1) is 13.2. The summed E-state index contributed by atoms with van der Waals surface area (Å²) < 4.78 is 0. The Kier molecular flexibility index (Phi) is 13.2. The third kappa shape index (κ3) is 10.8. The number of carboxylic acids is 1. The highest BCUT2D eigenvalue weighted by Crippen LogP contribution is 2.22. The van der Waals surface area contributed by atoms with Crippen LogP contribution in [-0.4, -0.2) is 16.2 Å². The van der Waals surface area contributed by atoms with Crippen LogP contribution in [0.1, 0.15) is 113 Å². The number of aromatic carboxylic acids is 1. The van der Waals surface area contributed by atoms with Crippen LogP contribution in [0.2, 0.25) is 0 Å². The van der Waals surface area contributed by atoms with E-state index in [-0.39, 0.29) is 11.3 Å². The Hall–Kier alpha value is -1.77. The minimum Gasteiger partial charge on any atom is -0.507 e. The van der Waals surface area contributed by atoms with Gasteiger partial charge in [-0.2, -0.15) is 0 Å². The van der Waals surface area contributed by atoms with Crippen LogP contribution in [0.15, 0.2) is 24.3 Å². The third-order valence-electron chi connectivity index (χ3n) is 5.06. The molecule has 0 atom stereocenters. The van der Waals surface area contributed by atoms with Crippen LogP contribution < -0.4 is 0 Å². The lowest BCUT2D eigenvalue weighted by molar-refractivity contribution is 0.0693. The smallest absolute Gasteiger partial charge is 0.340 e. The van der Waals surface area contributed by atoms with Gasteiger partial charge in [-0.3, -0.25) is 0 Å². The lowest BCUT2D eigenvalue weighted by Gasteiger charge is -2.04. The maximum Gasteiger partial charge on any atom is 0.340 e. The predicted octanol–water partition coefficient (Wildman–Crippen LogP) is 7.58. The summed E-state index contributed by atoms with van der Waals surface area (Å²) >= 11 is 0. The number of allylic oxidation sites excluding steroid dienone is 1. The number of carboxylic acid groups (broad SMARTS) is 1. The van der Waals surface area contributed by atoms with Gasteiger partial charge in [0, 0.05) is 0 Å². The highest BCUT2D eigenvalue weighted by atomic mass is 16.4. The maximum absolute atomic E-state index is 11.2. The minimum absolute atomic E-state index is 0.0147. The molecule has 0 fully saturated rings. The fraction of sp³-hybridized carbons (Fsp3) is 0.625. The summed E-state index contributed by atoms with van der Waals surface area (Å²) in [6.45, 7) is 2.26. The normalized spacial score (nSPS) is 11.3. The number of phenols is 1. The van der Waals surface area contributed by atoms with Crippen molar-refractivity contribution in [3.05, 3.63) is 35.4 Å². The first-order valence-corrected chi connectivity index (χ1v) is 10.9. The standard InChI is InChI=1S/C24H38O3/c1-2-3-4-5-6-7-8-9-10-11-12-13-14-15-16-18-21-19-17-20-22(25)23(21)24(26)27/h16-20,25H,2-15H2,1H3,(H,26,27)/b18-16-. The first-order valence-electron chi connectivity index (χ1n) is 10.9. The zero-order valence-electron chi connectivity index (χ0n) is 17.1. The van der Waals surface area contributed by atoms with E-state index in [1.165, 1.54) is 83.1 Å². The van der Waals surface area contributed by atoms with Crippen molar-refractivity contribution in [1.29, 1.82) is 0 Å². The third-order valence-corrected chi connectivity index (χ3v) is 5.06. The average molecular weight is 375 g/mol. The lowest BCUT2D eigenvalue weighted by Crippen LogP contribution is -1.99. The molecule has 0 aliphatic heterocycles. The highest BCUT2D eigenvalue weighted by Gasteiger charge is 2.12. The van der Waals surface area contributed by atoms with Gasteiger partial charge in [0.2, 0.25) is 0 Å². The monoisotopic (exact) mass is 374 g/mol. The fourth-order valence-electron chi connectivity index (χ4n) is 3.42. The molecule has 1 aromatic rings. The van der Waals surface area contributed by atoms with E-state index >= 15 is 0 Å². The average Bonchev–Trinajstić information content (AvgIpc) is 2.64. The van der Waals surface area contributed by atoms with E-state index < -0.39 is 5.97 Å². The summed E-state index contributed by atoms with van der Waals surface area (Å²) in [6, 6.07) is 4.81. The van der Waals surface area contributed by atoms with Crippen molar-refractivity contribution in [3.63, 3.8) is 0 Å². The fourth-order valence-corrected chi connectivity index (χ4v) is 3.42. The predicted molar refractivity (Wildman–Crippen MR) is 114 cm³/mol. The molecule has 0 amide bonds. The quantitative estimate of drug-likeness (QED) is 0.293. The second-order valence-corrected chi connectivity index (χ2v) is 7.48. The van der Waals surface area contributed by atoms with Crippen LogP contribution >= 0.6 is 0 Å². The van der Waals surface area contributed by atoms with Crippen molar-refractivity contribution in [2.45, 2.75) is 96.8 Å². The summed E-state index contributed by atoms with van der Waals surface area (Å²) in [5, 5.41) is 18.9. The molecule has 1 rings (SSSR count). The number of rotatable bonds is 16. The number of carbonyl (C=O) groups is 1. The Labute approximate surface area is 165 Å². The molecular weight excluding hydrogens is 336 g/mol. The Morgan fingerprint density at radius 1 is 0.852 bits per heavy atom. The Bertz CT molecular complexity index is 549. The minimum atomic E-state index is -1.09. The summed E-state index contributed by atoms with van der Waals surface area (Å²) in [6.07, 6.45) is 22.2. The Morgan fingerprint density at radius 2 is 1.37 bits per heavy atom. The number of unbranched alkanes of at least 4 members (excludes halogenated alkanes) is 13. The van der Waals surface area contributed by atoms with E-state index in [1.807, 2.05) is 12.2 Å². The number of hydrogen-bond acceptors (Lipinski definition) is 2. The summed E-state index contributed by atoms with van der Waals surface area (Å²) in [5.41, 5.74) is 0.552. The molecule has 0 spiro atoms. The van der Waals surface area contributed by atoms with Gasteiger partial charge >= 0.3 is 5.97 Å². The first kappa shape index (κ1) is 23.3. The molecule has 0 aromatic heterocycles. The molecule has 1 aromatic carbocycles. The molecule has 2 N–H and O–H groups in total. The van der Waals surface area contributed by atoms with Gasteiger partial charge in [-0.15, -0.1) is 0 Å². The topological polar surface area (TPSA) is 57.5 Å². The van der Waals surface area contributed by atoms with Gasteiger partial charge in [0.1, 0.15) is 11.3 Å². The van der Waals surface area contributed by atoms with E-state index in [2.05, 4.69) is 6.92 Å². The number of hydrogen-bond donors (Lipinski definition) is 2. The second-order valence-electron chi connectivity index (χ2n) is 7.48. The molecule has 0 aliphatic carbocycles. The zero-order chi connectivity index (χ0) is 19.7. The molecule has 0 saturated carbocycles.